The fourth-order valence-electron chi connectivity index (χ4n) is 2.51. The molecule has 1 aliphatic rings. The Morgan fingerprint density at radius 3 is 2.68 bits per heavy atom. The molecule has 1 aromatic carbocycles. The molecule has 1 aliphatic heterocycles. The lowest BCUT2D eigenvalue weighted by Gasteiger charge is -2.28. The number of halogens is 3. The van der Waals surface area contributed by atoms with E-state index in [-0.39, 0.29) is 24.5 Å². The van der Waals surface area contributed by atoms with Crippen LogP contribution in [0.1, 0.15) is 17.7 Å². The van der Waals surface area contributed by atoms with Crippen LogP contribution in [0.15, 0.2) is 41.2 Å². The standard InChI is InChI=1S/C15H14F3N3O/c16-15(17,18)12-6-7-21-13(22)9-11(19-14(21)20-12)8-10-4-2-1-3-5-10/h1-5,9,12H,6-8H2,(H,19,20). The van der Waals surface area contributed by atoms with Crippen molar-refractivity contribution in [3.05, 3.63) is 58.0 Å². The van der Waals surface area contributed by atoms with E-state index in [2.05, 4.69) is 10.3 Å². The predicted octanol–water partition coefficient (Wildman–Crippen LogP) is 2.58. The third-order valence-electron chi connectivity index (χ3n) is 3.63. The topological polar surface area (TPSA) is 46.9 Å². The minimum Gasteiger partial charge on any atom is -0.344 e. The first kappa shape index (κ1) is 14.6. The molecule has 1 atom stereocenters. The summed E-state index contributed by atoms with van der Waals surface area (Å²) in [6.07, 6.45) is -4.11. The van der Waals surface area contributed by atoms with Crippen LogP contribution in [-0.2, 0) is 13.0 Å². The van der Waals surface area contributed by atoms with E-state index in [1.165, 1.54) is 10.6 Å². The van der Waals surface area contributed by atoms with Crippen molar-refractivity contribution in [3.8, 4) is 0 Å². The summed E-state index contributed by atoms with van der Waals surface area (Å²) in [5.41, 5.74) is 1.07. The normalized spacial score (nSPS) is 17.7. The SMILES string of the molecule is O=c1cc(Cc2ccccc2)nc2n1CCC(C(F)(F)F)N2. The average Bonchev–Trinajstić information content (AvgIpc) is 2.47. The highest BCUT2D eigenvalue weighted by Crippen LogP contribution is 2.28. The van der Waals surface area contributed by atoms with Gasteiger partial charge in [0, 0.05) is 19.0 Å². The second-order valence-corrected chi connectivity index (χ2v) is 5.25. The van der Waals surface area contributed by atoms with Gasteiger partial charge in [-0.25, -0.2) is 4.98 Å². The van der Waals surface area contributed by atoms with Gasteiger partial charge in [0.2, 0.25) is 5.95 Å². The molecule has 3 rings (SSSR count). The van der Waals surface area contributed by atoms with Crippen LogP contribution in [0.5, 0.6) is 0 Å². The van der Waals surface area contributed by atoms with E-state index in [9.17, 15) is 18.0 Å². The highest BCUT2D eigenvalue weighted by molar-refractivity contribution is 5.33. The van der Waals surface area contributed by atoms with Gasteiger partial charge in [0.25, 0.3) is 5.56 Å². The predicted molar refractivity (Wildman–Crippen MR) is 75.8 cm³/mol. The van der Waals surface area contributed by atoms with Crippen LogP contribution in [0.2, 0.25) is 0 Å². The lowest BCUT2D eigenvalue weighted by atomic mass is 10.1. The highest BCUT2D eigenvalue weighted by atomic mass is 19.4. The minimum absolute atomic E-state index is 0.00740. The zero-order valence-electron chi connectivity index (χ0n) is 11.6. The van der Waals surface area contributed by atoms with Gasteiger partial charge in [-0.2, -0.15) is 13.2 Å². The number of hydrogen-bond acceptors (Lipinski definition) is 3. The van der Waals surface area contributed by atoms with Gasteiger partial charge in [0.1, 0.15) is 6.04 Å². The van der Waals surface area contributed by atoms with Gasteiger partial charge in [-0.05, 0) is 12.0 Å². The van der Waals surface area contributed by atoms with Crippen LogP contribution < -0.4 is 10.9 Å². The van der Waals surface area contributed by atoms with E-state index in [0.717, 1.165) is 5.56 Å². The molecule has 0 saturated heterocycles. The maximum absolute atomic E-state index is 12.8. The van der Waals surface area contributed by atoms with Crippen molar-refractivity contribution in [3.63, 3.8) is 0 Å². The summed E-state index contributed by atoms with van der Waals surface area (Å²) in [4.78, 5) is 16.2. The smallest absolute Gasteiger partial charge is 0.344 e. The number of benzene rings is 1. The van der Waals surface area contributed by atoms with Crippen molar-refractivity contribution in [1.82, 2.24) is 9.55 Å². The Labute approximate surface area is 124 Å². The van der Waals surface area contributed by atoms with Crippen LogP contribution in [0, 0.1) is 0 Å². The van der Waals surface area contributed by atoms with Crippen LogP contribution in [-0.4, -0.2) is 21.8 Å². The lowest BCUT2D eigenvalue weighted by molar-refractivity contribution is -0.145. The molecule has 22 heavy (non-hydrogen) atoms. The molecule has 116 valence electrons. The van der Waals surface area contributed by atoms with E-state index in [1.807, 2.05) is 30.3 Å². The lowest BCUT2D eigenvalue weighted by Crippen LogP contribution is -2.44. The summed E-state index contributed by atoms with van der Waals surface area (Å²) in [7, 11) is 0. The third kappa shape index (κ3) is 2.98. The first-order chi connectivity index (χ1) is 10.4. The van der Waals surface area contributed by atoms with Crippen LogP contribution >= 0.6 is 0 Å². The monoisotopic (exact) mass is 309 g/mol. The van der Waals surface area contributed by atoms with Gasteiger partial charge in [-0.1, -0.05) is 30.3 Å². The van der Waals surface area contributed by atoms with Crippen molar-refractivity contribution in [2.24, 2.45) is 0 Å². The van der Waals surface area contributed by atoms with Crippen LogP contribution in [0.25, 0.3) is 0 Å². The number of alkyl halides is 3. The Hall–Kier alpha value is -2.31. The van der Waals surface area contributed by atoms with E-state index in [4.69, 9.17) is 0 Å². The molecule has 0 saturated carbocycles. The van der Waals surface area contributed by atoms with E-state index < -0.39 is 12.2 Å². The zero-order chi connectivity index (χ0) is 15.7. The molecular weight excluding hydrogens is 295 g/mol. The van der Waals surface area contributed by atoms with Crippen molar-refractivity contribution in [1.29, 1.82) is 0 Å². The van der Waals surface area contributed by atoms with Gasteiger partial charge < -0.3 is 5.32 Å². The fraction of sp³-hybridized carbons (Fsp3) is 0.333. The van der Waals surface area contributed by atoms with E-state index in [0.29, 0.717) is 12.1 Å². The molecule has 7 heteroatoms. The first-order valence-electron chi connectivity index (χ1n) is 6.91. The minimum atomic E-state index is -4.35. The summed E-state index contributed by atoms with van der Waals surface area (Å²) < 4.78 is 39.7. The molecule has 0 amide bonds. The number of anilines is 1. The summed E-state index contributed by atoms with van der Waals surface area (Å²) in [5, 5.41) is 2.33. The summed E-state index contributed by atoms with van der Waals surface area (Å²) in [6, 6.07) is 9.07. The van der Waals surface area contributed by atoms with Gasteiger partial charge in [-0.15, -0.1) is 0 Å². The zero-order valence-corrected chi connectivity index (χ0v) is 11.6. The number of fused-ring (bicyclic) bond motifs is 1. The molecule has 4 nitrogen and oxygen atoms in total. The Bertz CT molecular complexity index is 725. The maximum atomic E-state index is 12.8. The molecular formula is C15H14F3N3O. The van der Waals surface area contributed by atoms with Crippen molar-refractivity contribution in [2.75, 3.05) is 5.32 Å². The third-order valence-corrected chi connectivity index (χ3v) is 3.63. The number of aromatic nitrogens is 2. The first-order valence-corrected chi connectivity index (χ1v) is 6.91. The summed E-state index contributed by atoms with van der Waals surface area (Å²) >= 11 is 0. The molecule has 0 fully saturated rings. The van der Waals surface area contributed by atoms with Crippen LogP contribution in [0.4, 0.5) is 19.1 Å². The summed E-state index contributed by atoms with van der Waals surface area (Å²) in [5.74, 6) is -0.00740. The Balaban J connectivity index is 1.90. The summed E-state index contributed by atoms with van der Waals surface area (Å²) in [6.45, 7) is 0.0178. The Morgan fingerprint density at radius 2 is 2.00 bits per heavy atom. The Kier molecular flexibility index (Phi) is 3.64. The maximum Gasteiger partial charge on any atom is 0.408 e. The fourth-order valence-corrected chi connectivity index (χ4v) is 2.51. The number of nitrogens with one attached hydrogen (secondary N) is 1. The van der Waals surface area contributed by atoms with Gasteiger partial charge in [0.15, 0.2) is 0 Å². The second-order valence-electron chi connectivity index (χ2n) is 5.25. The Morgan fingerprint density at radius 1 is 1.27 bits per heavy atom. The van der Waals surface area contributed by atoms with Crippen molar-refractivity contribution in [2.45, 2.75) is 31.6 Å². The molecule has 1 unspecified atom stereocenters. The van der Waals surface area contributed by atoms with E-state index >= 15 is 0 Å². The molecule has 2 heterocycles. The van der Waals surface area contributed by atoms with Crippen LogP contribution in [0.3, 0.4) is 0 Å². The molecule has 2 aromatic rings. The highest BCUT2D eigenvalue weighted by Gasteiger charge is 2.41. The second kappa shape index (κ2) is 5.47. The number of nitrogens with zero attached hydrogens (tertiary/aromatic N) is 2. The molecule has 1 N–H and O–H groups in total. The molecule has 0 radical (unpaired) electrons. The quantitative estimate of drug-likeness (QED) is 0.927. The van der Waals surface area contributed by atoms with E-state index in [1.54, 1.807) is 0 Å². The number of hydrogen-bond donors (Lipinski definition) is 1. The van der Waals surface area contributed by atoms with Gasteiger partial charge in [-0.3, -0.25) is 9.36 Å². The molecule has 1 aromatic heterocycles. The average molecular weight is 309 g/mol. The van der Waals surface area contributed by atoms with Crippen molar-refractivity contribution >= 4 is 5.95 Å². The molecule has 0 spiro atoms. The van der Waals surface area contributed by atoms with Crippen molar-refractivity contribution < 1.29 is 13.2 Å². The molecule has 0 aliphatic carbocycles. The largest absolute Gasteiger partial charge is 0.408 e. The molecule has 0 bridgehead atoms. The van der Waals surface area contributed by atoms with Gasteiger partial charge >= 0.3 is 6.18 Å². The van der Waals surface area contributed by atoms with Gasteiger partial charge in [0.05, 0.1) is 5.69 Å². The number of rotatable bonds is 2.